The Balaban J connectivity index is 1.54. The number of ether oxygens (including phenoxy) is 1. The van der Waals surface area contributed by atoms with Crippen LogP contribution in [0.1, 0.15) is 18.9 Å². The summed E-state index contributed by atoms with van der Waals surface area (Å²) in [5, 5.41) is 3.37. The number of fused-ring (bicyclic) bond motifs is 1. The van der Waals surface area contributed by atoms with Gasteiger partial charge in [0.15, 0.2) is 11.7 Å². The molecule has 118 valence electrons. The summed E-state index contributed by atoms with van der Waals surface area (Å²) in [4.78, 5) is 16.3. The fraction of sp³-hybridized carbons (Fsp3) is 0.222. The first-order valence-electron chi connectivity index (χ1n) is 7.62. The lowest BCUT2D eigenvalue weighted by atomic mass is 10.1. The molecule has 3 aromatic rings. The van der Waals surface area contributed by atoms with Crippen LogP contribution in [0.3, 0.4) is 0 Å². The Morgan fingerprint density at radius 3 is 2.70 bits per heavy atom. The second kappa shape index (κ2) is 7.24. The highest BCUT2D eigenvalue weighted by molar-refractivity contribution is 7.22. The highest BCUT2D eigenvalue weighted by Gasteiger charge is 2.08. The Labute approximate surface area is 139 Å². The SMILES string of the molecule is CCCc1ccc(OCC(=O)Nc2nc3ccccc3s2)cc1. The van der Waals surface area contributed by atoms with Crippen molar-refractivity contribution in [3.05, 3.63) is 54.1 Å². The van der Waals surface area contributed by atoms with Gasteiger partial charge in [-0.15, -0.1) is 0 Å². The van der Waals surface area contributed by atoms with Crippen LogP contribution in [0.2, 0.25) is 0 Å². The molecule has 23 heavy (non-hydrogen) atoms. The lowest BCUT2D eigenvalue weighted by Gasteiger charge is -2.06. The first kappa shape index (κ1) is 15.5. The highest BCUT2D eigenvalue weighted by Crippen LogP contribution is 2.25. The summed E-state index contributed by atoms with van der Waals surface area (Å²) in [5.74, 6) is 0.492. The summed E-state index contributed by atoms with van der Waals surface area (Å²) in [5.41, 5.74) is 2.17. The largest absolute Gasteiger partial charge is 0.484 e. The van der Waals surface area contributed by atoms with E-state index in [0.29, 0.717) is 10.9 Å². The number of nitrogens with zero attached hydrogens (tertiary/aromatic N) is 1. The van der Waals surface area contributed by atoms with Gasteiger partial charge in [0.2, 0.25) is 0 Å². The number of hydrogen-bond donors (Lipinski definition) is 1. The van der Waals surface area contributed by atoms with Crippen molar-refractivity contribution in [2.75, 3.05) is 11.9 Å². The van der Waals surface area contributed by atoms with Crippen LogP contribution in [0.25, 0.3) is 10.2 Å². The van der Waals surface area contributed by atoms with E-state index in [9.17, 15) is 4.79 Å². The minimum absolute atomic E-state index is 0.0248. The summed E-state index contributed by atoms with van der Waals surface area (Å²) in [6, 6.07) is 15.7. The third-order valence-corrected chi connectivity index (χ3v) is 4.32. The van der Waals surface area contributed by atoms with E-state index in [1.54, 1.807) is 0 Å². The average Bonchev–Trinajstić information content (AvgIpc) is 2.96. The Hall–Kier alpha value is -2.40. The average molecular weight is 326 g/mol. The van der Waals surface area contributed by atoms with Crippen LogP contribution >= 0.6 is 11.3 Å². The minimum atomic E-state index is -0.207. The number of carbonyl (C=O) groups excluding carboxylic acids is 1. The van der Waals surface area contributed by atoms with E-state index in [0.717, 1.165) is 23.1 Å². The molecule has 1 aromatic heterocycles. The molecule has 1 amide bonds. The van der Waals surface area contributed by atoms with Crippen molar-refractivity contribution in [1.82, 2.24) is 4.98 Å². The van der Waals surface area contributed by atoms with Crippen LogP contribution in [0, 0.1) is 0 Å². The number of aromatic nitrogens is 1. The summed E-state index contributed by atoms with van der Waals surface area (Å²) in [6.45, 7) is 2.12. The molecule has 1 heterocycles. The molecule has 0 saturated heterocycles. The molecule has 0 saturated carbocycles. The fourth-order valence-electron chi connectivity index (χ4n) is 2.27. The summed E-state index contributed by atoms with van der Waals surface area (Å²) in [6.07, 6.45) is 2.17. The summed E-state index contributed by atoms with van der Waals surface area (Å²) in [7, 11) is 0. The van der Waals surface area contributed by atoms with Crippen molar-refractivity contribution in [2.45, 2.75) is 19.8 Å². The number of amides is 1. The van der Waals surface area contributed by atoms with Gasteiger partial charge in [-0.25, -0.2) is 4.98 Å². The van der Waals surface area contributed by atoms with Crippen LogP contribution in [0.4, 0.5) is 5.13 Å². The number of hydrogen-bond acceptors (Lipinski definition) is 4. The zero-order valence-corrected chi connectivity index (χ0v) is 13.7. The Morgan fingerprint density at radius 2 is 1.96 bits per heavy atom. The molecular weight excluding hydrogens is 308 g/mol. The van der Waals surface area contributed by atoms with E-state index in [1.807, 2.05) is 48.5 Å². The van der Waals surface area contributed by atoms with E-state index < -0.39 is 0 Å². The zero-order valence-electron chi connectivity index (χ0n) is 12.9. The number of para-hydroxylation sites is 1. The number of benzene rings is 2. The van der Waals surface area contributed by atoms with E-state index in [1.165, 1.54) is 16.9 Å². The van der Waals surface area contributed by atoms with Gasteiger partial charge < -0.3 is 4.74 Å². The second-order valence-corrected chi connectivity index (χ2v) is 6.25. The molecule has 2 aromatic carbocycles. The molecule has 0 unspecified atom stereocenters. The normalized spacial score (nSPS) is 10.7. The molecule has 1 N–H and O–H groups in total. The van der Waals surface area contributed by atoms with Crippen molar-refractivity contribution >= 4 is 32.6 Å². The number of thiazole rings is 1. The molecule has 0 aliphatic carbocycles. The van der Waals surface area contributed by atoms with Crippen molar-refractivity contribution in [2.24, 2.45) is 0 Å². The molecule has 3 rings (SSSR count). The monoisotopic (exact) mass is 326 g/mol. The van der Waals surface area contributed by atoms with Crippen LogP contribution in [0.15, 0.2) is 48.5 Å². The molecule has 0 fully saturated rings. The maximum Gasteiger partial charge on any atom is 0.264 e. The predicted molar refractivity (Wildman–Crippen MR) is 94.2 cm³/mol. The lowest BCUT2D eigenvalue weighted by Crippen LogP contribution is -2.19. The topological polar surface area (TPSA) is 51.2 Å². The maximum absolute atomic E-state index is 12.0. The number of rotatable bonds is 6. The van der Waals surface area contributed by atoms with Crippen LogP contribution in [0.5, 0.6) is 5.75 Å². The van der Waals surface area contributed by atoms with Crippen LogP contribution in [-0.2, 0) is 11.2 Å². The van der Waals surface area contributed by atoms with Gasteiger partial charge >= 0.3 is 0 Å². The maximum atomic E-state index is 12.0. The highest BCUT2D eigenvalue weighted by atomic mass is 32.1. The molecule has 0 spiro atoms. The first-order valence-corrected chi connectivity index (χ1v) is 8.43. The standard InChI is InChI=1S/C18H18N2O2S/c1-2-5-13-8-10-14(11-9-13)22-12-17(21)20-18-19-15-6-3-4-7-16(15)23-18/h3-4,6-11H,2,5,12H2,1H3,(H,19,20,21). The summed E-state index contributed by atoms with van der Waals surface area (Å²) < 4.78 is 6.56. The molecule has 5 heteroatoms. The fourth-order valence-corrected chi connectivity index (χ4v) is 3.15. The van der Waals surface area contributed by atoms with Gasteiger partial charge in [-0.2, -0.15) is 0 Å². The van der Waals surface area contributed by atoms with Gasteiger partial charge in [0.1, 0.15) is 5.75 Å². The third kappa shape index (κ3) is 4.07. The van der Waals surface area contributed by atoms with Gasteiger partial charge in [-0.3, -0.25) is 10.1 Å². The Bertz CT molecular complexity index is 763. The van der Waals surface area contributed by atoms with Crippen molar-refractivity contribution in [3.63, 3.8) is 0 Å². The van der Waals surface area contributed by atoms with Gasteiger partial charge in [0.05, 0.1) is 10.2 Å². The van der Waals surface area contributed by atoms with Crippen LogP contribution < -0.4 is 10.1 Å². The van der Waals surface area contributed by atoms with Gasteiger partial charge in [0, 0.05) is 0 Å². The van der Waals surface area contributed by atoms with Crippen molar-refractivity contribution in [3.8, 4) is 5.75 Å². The lowest BCUT2D eigenvalue weighted by molar-refractivity contribution is -0.118. The van der Waals surface area contributed by atoms with Gasteiger partial charge in [-0.1, -0.05) is 48.9 Å². The number of aryl methyl sites for hydroxylation is 1. The summed E-state index contributed by atoms with van der Waals surface area (Å²) >= 11 is 1.46. The third-order valence-electron chi connectivity index (χ3n) is 3.37. The molecule has 0 atom stereocenters. The molecule has 0 aliphatic rings. The molecule has 4 nitrogen and oxygen atoms in total. The van der Waals surface area contributed by atoms with Gasteiger partial charge in [-0.05, 0) is 36.2 Å². The van der Waals surface area contributed by atoms with E-state index in [4.69, 9.17) is 4.74 Å². The number of carbonyl (C=O) groups is 1. The Morgan fingerprint density at radius 1 is 1.17 bits per heavy atom. The van der Waals surface area contributed by atoms with E-state index >= 15 is 0 Å². The quantitative estimate of drug-likeness (QED) is 0.736. The molecule has 0 bridgehead atoms. The predicted octanol–water partition coefficient (Wildman–Crippen LogP) is 4.27. The second-order valence-electron chi connectivity index (χ2n) is 5.22. The molecule has 0 radical (unpaired) electrons. The van der Waals surface area contributed by atoms with Crippen molar-refractivity contribution in [1.29, 1.82) is 0 Å². The number of anilines is 1. The minimum Gasteiger partial charge on any atom is -0.484 e. The number of nitrogens with one attached hydrogen (secondary N) is 1. The van der Waals surface area contributed by atoms with E-state index in [2.05, 4.69) is 17.2 Å². The smallest absolute Gasteiger partial charge is 0.264 e. The van der Waals surface area contributed by atoms with Crippen molar-refractivity contribution < 1.29 is 9.53 Å². The first-order chi connectivity index (χ1) is 11.2. The Kier molecular flexibility index (Phi) is 4.88. The van der Waals surface area contributed by atoms with Crippen LogP contribution in [-0.4, -0.2) is 17.5 Å². The van der Waals surface area contributed by atoms with Gasteiger partial charge in [0.25, 0.3) is 5.91 Å². The van der Waals surface area contributed by atoms with E-state index in [-0.39, 0.29) is 12.5 Å². The zero-order chi connectivity index (χ0) is 16.1. The molecule has 0 aliphatic heterocycles. The molecular formula is C18H18N2O2S.